The second-order valence-corrected chi connectivity index (χ2v) is 7.10. The molecule has 1 amide bonds. The van der Waals surface area contributed by atoms with E-state index in [9.17, 15) is 19.3 Å². The fourth-order valence-corrected chi connectivity index (χ4v) is 4.74. The monoisotopic (exact) mass is 355 g/mol. The third kappa shape index (κ3) is 1.81. The number of likely N-dealkylation sites (N-methyl/N-ethyl adjacent to an activating group) is 1. The smallest absolute Gasteiger partial charge is 0.258 e. The van der Waals surface area contributed by atoms with Gasteiger partial charge >= 0.3 is 0 Å². The lowest BCUT2D eigenvalue weighted by Crippen LogP contribution is -2.61. The highest BCUT2D eigenvalue weighted by Crippen LogP contribution is 2.57. The van der Waals surface area contributed by atoms with E-state index in [0.717, 1.165) is 0 Å². The van der Waals surface area contributed by atoms with E-state index in [1.807, 2.05) is 0 Å². The molecule has 1 fully saturated rings. The maximum atomic E-state index is 13.3. The standard InChI is InChI=1S/C19H18FN3O3/c1-18(23(25)26)15(12-7-9-13(20)10-8-12)11-22(2)19(18)14-5-3-4-6-16(14)21-17(19)24/h3-10,15H,11H2,1-2H3,(H,21,24)/t15-,18-,19+/m1/s1. The molecular formula is C19H18FN3O3. The fraction of sp³-hybridized carbons (Fsp3) is 0.316. The molecule has 2 aliphatic heterocycles. The van der Waals surface area contributed by atoms with Crippen molar-refractivity contribution in [1.82, 2.24) is 4.90 Å². The Hall–Kier alpha value is -2.80. The molecule has 0 aliphatic carbocycles. The van der Waals surface area contributed by atoms with E-state index in [2.05, 4.69) is 5.32 Å². The van der Waals surface area contributed by atoms with Crippen LogP contribution in [0.25, 0.3) is 0 Å². The number of fused-ring (bicyclic) bond motifs is 2. The molecule has 0 saturated carbocycles. The van der Waals surface area contributed by atoms with Crippen LogP contribution in [0.1, 0.15) is 24.0 Å². The van der Waals surface area contributed by atoms with Gasteiger partial charge in [-0.25, -0.2) is 4.39 Å². The van der Waals surface area contributed by atoms with Gasteiger partial charge in [0.25, 0.3) is 11.4 Å². The molecule has 1 spiro atoms. The van der Waals surface area contributed by atoms with Gasteiger partial charge in [-0.05, 0) is 30.8 Å². The molecule has 2 aromatic rings. The Balaban J connectivity index is 1.97. The largest absolute Gasteiger partial charge is 0.324 e. The van der Waals surface area contributed by atoms with E-state index in [1.165, 1.54) is 19.1 Å². The second kappa shape index (κ2) is 5.35. The van der Waals surface area contributed by atoms with Crippen molar-refractivity contribution in [2.75, 3.05) is 18.9 Å². The second-order valence-electron chi connectivity index (χ2n) is 7.10. The quantitative estimate of drug-likeness (QED) is 0.664. The zero-order valence-electron chi connectivity index (χ0n) is 14.4. The summed E-state index contributed by atoms with van der Waals surface area (Å²) in [6, 6.07) is 12.8. The lowest BCUT2D eigenvalue weighted by atomic mass is 9.69. The predicted molar refractivity (Wildman–Crippen MR) is 93.9 cm³/mol. The number of carbonyl (C=O) groups excluding carboxylic acids is 1. The first kappa shape index (κ1) is 16.7. The van der Waals surface area contributed by atoms with E-state index in [1.54, 1.807) is 48.3 Å². The molecule has 2 aromatic carbocycles. The van der Waals surface area contributed by atoms with Gasteiger partial charge in [0.1, 0.15) is 5.82 Å². The average molecular weight is 355 g/mol. The van der Waals surface area contributed by atoms with Gasteiger partial charge in [0.2, 0.25) is 0 Å². The number of nitro groups is 1. The average Bonchev–Trinajstić information content (AvgIpc) is 3.05. The number of hydrogen-bond donors (Lipinski definition) is 1. The van der Waals surface area contributed by atoms with Gasteiger partial charge in [-0.15, -0.1) is 0 Å². The van der Waals surface area contributed by atoms with Crippen molar-refractivity contribution in [3.63, 3.8) is 0 Å². The molecule has 3 atom stereocenters. The molecule has 26 heavy (non-hydrogen) atoms. The number of amides is 1. The Morgan fingerprint density at radius 1 is 1.23 bits per heavy atom. The van der Waals surface area contributed by atoms with E-state index in [4.69, 9.17) is 0 Å². The first-order chi connectivity index (χ1) is 12.3. The molecule has 134 valence electrons. The summed E-state index contributed by atoms with van der Waals surface area (Å²) in [7, 11) is 1.73. The van der Waals surface area contributed by atoms with Crippen molar-refractivity contribution < 1.29 is 14.1 Å². The number of rotatable bonds is 2. The Kier molecular flexibility index (Phi) is 3.43. The molecule has 0 aromatic heterocycles. The van der Waals surface area contributed by atoms with Crippen LogP contribution in [0.5, 0.6) is 0 Å². The summed E-state index contributed by atoms with van der Waals surface area (Å²) in [6.45, 7) is 1.83. The molecular weight excluding hydrogens is 337 g/mol. The number of carbonyl (C=O) groups is 1. The molecule has 2 heterocycles. The minimum atomic E-state index is -1.61. The molecule has 0 bridgehead atoms. The zero-order chi connectivity index (χ0) is 18.7. The summed E-state index contributed by atoms with van der Waals surface area (Å²) >= 11 is 0. The summed E-state index contributed by atoms with van der Waals surface area (Å²) < 4.78 is 13.3. The zero-order valence-corrected chi connectivity index (χ0v) is 14.4. The third-order valence-corrected chi connectivity index (χ3v) is 5.99. The Bertz CT molecular complexity index is 917. The number of nitrogens with zero attached hydrogens (tertiary/aromatic N) is 2. The van der Waals surface area contributed by atoms with Crippen molar-refractivity contribution in [3.8, 4) is 0 Å². The molecule has 7 heteroatoms. The normalized spacial score (nSPS) is 30.4. The highest BCUT2D eigenvalue weighted by atomic mass is 19.1. The Labute approximate surface area is 149 Å². The Morgan fingerprint density at radius 3 is 2.54 bits per heavy atom. The van der Waals surface area contributed by atoms with Crippen LogP contribution in [-0.2, 0) is 10.3 Å². The number of hydrogen-bond acceptors (Lipinski definition) is 4. The minimum Gasteiger partial charge on any atom is -0.324 e. The van der Waals surface area contributed by atoms with Gasteiger partial charge in [0.15, 0.2) is 5.54 Å². The fourth-order valence-electron chi connectivity index (χ4n) is 4.74. The highest BCUT2D eigenvalue weighted by molar-refractivity contribution is 6.07. The van der Waals surface area contributed by atoms with Crippen molar-refractivity contribution >= 4 is 11.6 Å². The number of benzene rings is 2. The number of halogens is 1. The van der Waals surface area contributed by atoms with Crippen LogP contribution in [0.4, 0.5) is 10.1 Å². The molecule has 1 saturated heterocycles. The Morgan fingerprint density at radius 2 is 1.88 bits per heavy atom. The topological polar surface area (TPSA) is 75.5 Å². The van der Waals surface area contributed by atoms with Crippen LogP contribution in [-0.4, -0.2) is 34.9 Å². The molecule has 6 nitrogen and oxygen atoms in total. The maximum Gasteiger partial charge on any atom is 0.258 e. The van der Waals surface area contributed by atoms with Crippen molar-refractivity contribution in [3.05, 3.63) is 75.6 Å². The van der Waals surface area contributed by atoms with Gasteiger partial charge in [-0.2, -0.15) is 0 Å². The lowest BCUT2D eigenvalue weighted by Gasteiger charge is -2.37. The minimum absolute atomic E-state index is 0.310. The van der Waals surface area contributed by atoms with E-state index >= 15 is 0 Å². The molecule has 1 N–H and O–H groups in total. The predicted octanol–water partition coefficient (Wildman–Crippen LogP) is 2.74. The van der Waals surface area contributed by atoms with Gasteiger partial charge in [0.05, 0.1) is 5.92 Å². The number of anilines is 1. The molecule has 0 radical (unpaired) electrons. The lowest BCUT2D eigenvalue weighted by molar-refractivity contribution is -0.578. The highest BCUT2D eigenvalue weighted by Gasteiger charge is 2.76. The number of nitrogens with one attached hydrogen (secondary N) is 1. The van der Waals surface area contributed by atoms with E-state index in [0.29, 0.717) is 23.4 Å². The number of likely N-dealkylation sites (tertiary alicyclic amines) is 1. The van der Waals surface area contributed by atoms with Crippen molar-refractivity contribution in [2.45, 2.75) is 23.9 Å². The number of para-hydroxylation sites is 1. The van der Waals surface area contributed by atoms with Crippen LogP contribution >= 0.6 is 0 Å². The van der Waals surface area contributed by atoms with Gasteiger partial charge in [0, 0.05) is 29.6 Å². The van der Waals surface area contributed by atoms with Crippen LogP contribution in [0.3, 0.4) is 0 Å². The van der Waals surface area contributed by atoms with Crippen LogP contribution in [0.15, 0.2) is 48.5 Å². The van der Waals surface area contributed by atoms with Crippen LogP contribution in [0, 0.1) is 15.9 Å². The first-order valence-electron chi connectivity index (χ1n) is 8.35. The van der Waals surface area contributed by atoms with Crippen molar-refractivity contribution in [1.29, 1.82) is 0 Å². The molecule has 0 unspecified atom stereocenters. The molecule has 2 aliphatic rings. The van der Waals surface area contributed by atoms with Gasteiger partial charge in [-0.3, -0.25) is 19.8 Å². The van der Waals surface area contributed by atoms with Gasteiger partial charge in [-0.1, -0.05) is 30.3 Å². The SMILES string of the molecule is CN1C[C@H](c2ccc(F)cc2)[C@@](C)([N+](=O)[O-])[C@]12C(=O)Nc1ccccc12. The van der Waals surface area contributed by atoms with Crippen molar-refractivity contribution in [2.24, 2.45) is 0 Å². The summed E-state index contributed by atoms with van der Waals surface area (Å²) in [5.74, 6) is -1.37. The summed E-state index contributed by atoms with van der Waals surface area (Å²) in [5, 5.41) is 15.2. The third-order valence-electron chi connectivity index (χ3n) is 5.99. The molecule has 4 rings (SSSR count). The summed E-state index contributed by atoms with van der Waals surface area (Å²) in [4.78, 5) is 26.9. The van der Waals surface area contributed by atoms with Crippen LogP contribution < -0.4 is 5.32 Å². The van der Waals surface area contributed by atoms with E-state index < -0.39 is 28.7 Å². The van der Waals surface area contributed by atoms with E-state index in [-0.39, 0.29) is 4.92 Å². The summed E-state index contributed by atoms with van der Waals surface area (Å²) in [6.07, 6.45) is 0. The van der Waals surface area contributed by atoms with Gasteiger partial charge < -0.3 is 5.32 Å². The summed E-state index contributed by atoms with van der Waals surface area (Å²) in [5.41, 5.74) is -1.19. The first-order valence-corrected chi connectivity index (χ1v) is 8.35. The maximum absolute atomic E-state index is 13.3. The van der Waals surface area contributed by atoms with Crippen LogP contribution in [0.2, 0.25) is 0 Å².